The molecule has 0 aliphatic carbocycles. The van der Waals surface area contributed by atoms with E-state index < -0.39 is 0 Å². The zero-order valence-electron chi connectivity index (χ0n) is 11.2. The maximum atomic E-state index is 4.75. The Bertz CT molecular complexity index is 550. The molecule has 18 heavy (non-hydrogen) atoms. The number of aromatic amines is 1. The van der Waals surface area contributed by atoms with Crippen LogP contribution in [0.1, 0.15) is 36.2 Å². The van der Waals surface area contributed by atoms with Crippen LogP contribution >= 0.6 is 0 Å². The summed E-state index contributed by atoms with van der Waals surface area (Å²) in [5, 5.41) is 3.58. The largest absolute Gasteiger partial charge is 0.342 e. The van der Waals surface area contributed by atoms with E-state index in [1.807, 2.05) is 0 Å². The Hall–Kier alpha value is -1.35. The maximum absolute atomic E-state index is 4.75. The molecule has 1 atom stereocenters. The van der Waals surface area contributed by atoms with Crippen molar-refractivity contribution in [1.82, 2.24) is 15.3 Å². The number of fused-ring (bicyclic) bond motifs is 1. The van der Waals surface area contributed by atoms with Crippen molar-refractivity contribution in [3.63, 3.8) is 0 Å². The number of H-pyrrole nitrogens is 1. The normalized spacial score (nSPS) is 20.4. The van der Waals surface area contributed by atoms with Gasteiger partial charge in [-0.15, -0.1) is 0 Å². The van der Waals surface area contributed by atoms with Crippen LogP contribution in [0.4, 0.5) is 0 Å². The molecule has 1 aliphatic heterocycles. The molecule has 1 aromatic carbocycles. The number of hydrogen-bond donors (Lipinski definition) is 2. The van der Waals surface area contributed by atoms with Crippen LogP contribution in [-0.4, -0.2) is 22.6 Å². The lowest BCUT2D eigenvalue weighted by Gasteiger charge is -2.22. The van der Waals surface area contributed by atoms with Crippen molar-refractivity contribution in [1.29, 1.82) is 0 Å². The van der Waals surface area contributed by atoms with Gasteiger partial charge in [0.1, 0.15) is 5.82 Å². The van der Waals surface area contributed by atoms with Gasteiger partial charge in [0.25, 0.3) is 0 Å². The fourth-order valence-electron chi connectivity index (χ4n) is 2.95. The van der Waals surface area contributed by atoms with Gasteiger partial charge in [-0.3, -0.25) is 0 Å². The number of hydrogen-bond acceptors (Lipinski definition) is 2. The summed E-state index contributed by atoms with van der Waals surface area (Å²) in [6.07, 6.45) is 4.95. The Morgan fingerprint density at radius 1 is 1.28 bits per heavy atom. The third-order valence-electron chi connectivity index (χ3n) is 3.82. The predicted octanol–water partition coefficient (Wildman–Crippen LogP) is 2.86. The summed E-state index contributed by atoms with van der Waals surface area (Å²) < 4.78 is 0. The SMILES string of the molecule is Cc1cc(C)c2nc(CC3CCCCN3)[nH]c2c1. The van der Waals surface area contributed by atoms with E-state index in [0.29, 0.717) is 6.04 Å². The van der Waals surface area contributed by atoms with Gasteiger partial charge in [0, 0.05) is 12.5 Å². The lowest BCUT2D eigenvalue weighted by Crippen LogP contribution is -2.35. The summed E-state index contributed by atoms with van der Waals surface area (Å²) in [5.74, 6) is 1.12. The quantitative estimate of drug-likeness (QED) is 0.851. The van der Waals surface area contributed by atoms with Crippen molar-refractivity contribution in [2.75, 3.05) is 6.54 Å². The van der Waals surface area contributed by atoms with Crippen molar-refractivity contribution < 1.29 is 0 Å². The molecule has 1 fully saturated rings. The summed E-state index contributed by atoms with van der Waals surface area (Å²) >= 11 is 0. The molecule has 2 N–H and O–H groups in total. The van der Waals surface area contributed by atoms with E-state index in [1.54, 1.807) is 0 Å². The first-order chi connectivity index (χ1) is 8.72. The standard InChI is InChI=1S/C15H21N3/c1-10-7-11(2)15-13(8-10)17-14(18-15)9-12-5-3-4-6-16-12/h7-8,12,16H,3-6,9H2,1-2H3,(H,17,18). The highest BCUT2D eigenvalue weighted by atomic mass is 15.0. The molecule has 0 spiro atoms. The number of piperidine rings is 1. The number of nitrogens with zero attached hydrogens (tertiary/aromatic N) is 1. The van der Waals surface area contributed by atoms with Crippen molar-refractivity contribution in [2.24, 2.45) is 0 Å². The first-order valence-electron chi connectivity index (χ1n) is 6.91. The summed E-state index contributed by atoms with van der Waals surface area (Å²) in [5.41, 5.74) is 4.87. The topological polar surface area (TPSA) is 40.7 Å². The molecule has 2 aromatic rings. The van der Waals surface area contributed by atoms with Crippen LogP contribution in [-0.2, 0) is 6.42 Å². The van der Waals surface area contributed by atoms with E-state index in [4.69, 9.17) is 4.98 Å². The first kappa shape index (κ1) is 11.7. The van der Waals surface area contributed by atoms with E-state index in [-0.39, 0.29) is 0 Å². The molecule has 3 nitrogen and oxygen atoms in total. The van der Waals surface area contributed by atoms with Crippen molar-refractivity contribution in [3.8, 4) is 0 Å². The molecule has 1 unspecified atom stereocenters. The van der Waals surface area contributed by atoms with Crippen molar-refractivity contribution in [2.45, 2.75) is 45.6 Å². The number of nitrogens with one attached hydrogen (secondary N) is 2. The van der Waals surface area contributed by atoms with Crippen LogP contribution in [0.5, 0.6) is 0 Å². The maximum Gasteiger partial charge on any atom is 0.108 e. The molecule has 0 saturated carbocycles. The van der Waals surface area contributed by atoms with Gasteiger partial charge < -0.3 is 10.3 Å². The third kappa shape index (κ3) is 2.27. The molecule has 1 aliphatic rings. The lowest BCUT2D eigenvalue weighted by molar-refractivity contribution is 0.395. The summed E-state index contributed by atoms with van der Waals surface area (Å²) in [6, 6.07) is 4.99. The molecule has 3 heteroatoms. The fraction of sp³-hybridized carbons (Fsp3) is 0.533. The van der Waals surface area contributed by atoms with Gasteiger partial charge >= 0.3 is 0 Å². The highest BCUT2D eigenvalue weighted by Crippen LogP contribution is 2.19. The van der Waals surface area contributed by atoms with Crippen LogP contribution in [0, 0.1) is 13.8 Å². The monoisotopic (exact) mass is 243 g/mol. The van der Waals surface area contributed by atoms with Gasteiger partial charge in [-0.1, -0.05) is 12.5 Å². The number of imidazole rings is 1. The molecule has 1 aromatic heterocycles. The fourth-order valence-corrected chi connectivity index (χ4v) is 2.95. The minimum absolute atomic E-state index is 0.598. The Morgan fingerprint density at radius 3 is 2.94 bits per heavy atom. The zero-order chi connectivity index (χ0) is 12.5. The van der Waals surface area contributed by atoms with E-state index in [1.165, 1.54) is 35.9 Å². The Kier molecular flexibility index (Phi) is 3.08. The Labute approximate surface area is 108 Å². The van der Waals surface area contributed by atoms with Crippen LogP contribution in [0.2, 0.25) is 0 Å². The molecule has 96 valence electrons. The average molecular weight is 243 g/mol. The highest BCUT2D eigenvalue weighted by Gasteiger charge is 2.15. The van der Waals surface area contributed by atoms with E-state index in [9.17, 15) is 0 Å². The highest BCUT2D eigenvalue weighted by molar-refractivity contribution is 5.79. The summed E-state index contributed by atoms with van der Waals surface area (Å²) in [4.78, 5) is 8.23. The van der Waals surface area contributed by atoms with Crippen molar-refractivity contribution >= 4 is 11.0 Å². The number of rotatable bonds is 2. The Balaban J connectivity index is 1.86. The molecule has 1 saturated heterocycles. The number of aryl methyl sites for hydroxylation is 2. The lowest BCUT2D eigenvalue weighted by atomic mass is 10.0. The minimum Gasteiger partial charge on any atom is -0.342 e. The number of benzene rings is 1. The van der Waals surface area contributed by atoms with Gasteiger partial charge in [0.05, 0.1) is 11.0 Å². The molecule has 2 heterocycles. The van der Waals surface area contributed by atoms with Gasteiger partial charge in [-0.2, -0.15) is 0 Å². The zero-order valence-corrected chi connectivity index (χ0v) is 11.2. The average Bonchev–Trinajstić information content (AvgIpc) is 2.73. The third-order valence-corrected chi connectivity index (χ3v) is 3.82. The second-order valence-electron chi connectivity index (χ2n) is 5.51. The smallest absolute Gasteiger partial charge is 0.108 e. The Morgan fingerprint density at radius 2 is 2.17 bits per heavy atom. The second kappa shape index (κ2) is 4.73. The molecule has 0 radical (unpaired) electrons. The second-order valence-corrected chi connectivity index (χ2v) is 5.51. The summed E-state index contributed by atoms with van der Waals surface area (Å²) in [7, 11) is 0. The predicted molar refractivity (Wildman–Crippen MR) is 74.9 cm³/mol. The van der Waals surface area contributed by atoms with Crippen LogP contribution < -0.4 is 5.32 Å². The molecular formula is C15H21N3. The van der Waals surface area contributed by atoms with Crippen LogP contribution in [0.25, 0.3) is 11.0 Å². The van der Waals surface area contributed by atoms with E-state index >= 15 is 0 Å². The van der Waals surface area contributed by atoms with Crippen LogP contribution in [0.15, 0.2) is 12.1 Å². The first-order valence-corrected chi connectivity index (χ1v) is 6.91. The van der Waals surface area contributed by atoms with Gasteiger partial charge in [0.15, 0.2) is 0 Å². The molecule has 0 bridgehead atoms. The minimum atomic E-state index is 0.598. The molecular weight excluding hydrogens is 222 g/mol. The van der Waals surface area contributed by atoms with E-state index in [0.717, 1.165) is 24.3 Å². The summed E-state index contributed by atoms with van der Waals surface area (Å²) in [6.45, 7) is 5.43. The number of aromatic nitrogens is 2. The molecule has 3 rings (SSSR count). The van der Waals surface area contributed by atoms with Gasteiger partial charge in [-0.25, -0.2) is 4.98 Å². The van der Waals surface area contributed by atoms with Gasteiger partial charge in [-0.05, 0) is 50.4 Å². The molecule has 0 amide bonds. The van der Waals surface area contributed by atoms with E-state index in [2.05, 4.69) is 36.3 Å². The van der Waals surface area contributed by atoms with Crippen LogP contribution in [0.3, 0.4) is 0 Å². The van der Waals surface area contributed by atoms with Crippen molar-refractivity contribution in [3.05, 3.63) is 29.1 Å². The van der Waals surface area contributed by atoms with Gasteiger partial charge in [0.2, 0.25) is 0 Å².